The first-order valence-corrected chi connectivity index (χ1v) is 7.92. The van der Waals surface area contributed by atoms with Crippen molar-refractivity contribution < 1.29 is 19.7 Å². The highest BCUT2D eigenvalue weighted by Crippen LogP contribution is 2.37. The molecule has 1 aromatic rings. The molecular formula is C15H18N2O4S. The van der Waals surface area contributed by atoms with Crippen LogP contribution in [-0.2, 0) is 4.74 Å². The Hall–Kier alpha value is -1.41. The smallest absolute Gasteiger partial charge is 0.185 e. The second-order valence-corrected chi connectivity index (χ2v) is 6.33. The molecule has 2 aliphatic rings. The maximum absolute atomic E-state index is 10.3. The molecule has 1 aromatic carbocycles. The minimum atomic E-state index is -1.08. The van der Waals surface area contributed by atoms with Gasteiger partial charge in [-0.25, -0.2) is 4.99 Å². The van der Waals surface area contributed by atoms with Crippen LogP contribution in [0.2, 0.25) is 0 Å². The Labute approximate surface area is 132 Å². The third kappa shape index (κ3) is 2.89. The van der Waals surface area contributed by atoms with Gasteiger partial charge >= 0.3 is 0 Å². The summed E-state index contributed by atoms with van der Waals surface area (Å²) < 4.78 is 11.7. The number of para-hydroxylation sites is 1. The van der Waals surface area contributed by atoms with E-state index in [0.717, 1.165) is 0 Å². The molecule has 0 aromatic heterocycles. The van der Waals surface area contributed by atoms with Crippen molar-refractivity contribution in [2.24, 2.45) is 9.98 Å². The molecule has 0 bridgehead atoms. The Kier molecular flexibility index (Phi) is 4.49. The van der Waals surface area contributed by atoms with Gasteiger partial charge in [-0.15, -0.1) is 0 Å². The van der Waals surface area contributed by atoms with Gasteiger partial charge in [0.1, 0.15) is 41.6 Å². The number of aliphatic imine (C=N–C) groups is 2. The van der Waals surface area contributed by atoms with E-state index in [0.29, 0.717) is 10.9 Å². The molecule has 0 radical (unpaired) electrons. The average Bonchev–Trinajstić information content (AvgIpc) is 2.95. The molecule has 1 fully saturated rings. The highest BCUT2D eigenvalue weighted by atomic mass is 32.2. The minimum absolute atomic E-state index is 0.384. The van der Waals surface area contributed by atoms with Crippen LogP contribution in [-0.4, -0.2) is 58.0 Å². The topological polar surface area (TPSA) is 83.6 Å². The lowest BCUT2D eigenvalue weighted by Crippen LogP contribution is -2.58. The van der Waals surface area contributed by atoms with E-state index >= 15 is 0 Å². The average molecular weight is 322 g/mol. The summed E-state index contributed by atoms with van der Waals surface area (Å²) in [6.45, 7) is 5.24. The predicted octanol–water partition coefficient (Wildman–Crippen LogP) is 1.07. The van der Waals surface area contributed by atoms with Crippen molar-refractivity contribution in [3.63, 3.8) is 0 Å². The summed E-state index contributed by atoms with van der Waals surface area (Å²) in [5.74, 6) is 0.686. The molecule has 2 aliphatic heterocycles. The lowest BCUT2D eigenvalue weighted by atomic mass is 9.95. The summed E-state index contributed by atoms with van der Waals surface area (Å²) in [6, 6.07) is 8.77. The molecule has 0 unspecified atom stereocenters. The zero-order valence-electron chi connectivity index (χ0n) is 12.1. The number of nitrogens with zero attached hydrogens (tertiary/aromatic N) is 2. The zero-order valence-corrected chi connectivity index (χ0v) is 12.9. The van der Waals surface area contributed by atoms with Gasteiger partial charge in [-0.05, 0) is 25.8 Å². The monoisotopic (exact) mass is 322 g/mol. The number of aliphatic hydroxyl groups is 2. The van der Waals surface area contributed by atoms with E-state index < -0.39 is 30.5 Å². The second kappa shape index (κ2) is 6.37. The van der Waals surface area contributed by atoms with Crippen LogP contribution in [0.15, 0.2) is 40.3 Å². The van der Waals surface area contributed by atoms with Crippen molar-refractivity contribution in [2.45, 2.75) is 42.8 Å². The van der Waals surface area contributed by atoms with Gasteiger partial charge in [0.2, 0.25) is 0 Å². The number of benzene rings is 1. The molecule has 7 heteroatoms. The number of hydrogen-bond acceptors (Lipinski definition) is 7. The fourth-order valence-electron chi connectivity index (χ4n) is 2.62. The van der Waals surface area contributed by atoms with Crippen LogP contribution >= 0.6 is 11.8 Å². The normalized spacial score (nSPS) is 35.4. The highest BCUT2D eigenvalue weighted by Gasteiger charge is 2.50. The van der Waals surface area contributed by atoms with E-state index in [2.05, 4.69) is 16.7 Å². The molecule has 6 atom stereocenters. The Balaban J connectivity index is 1.71. The number of rotatable bonds is 3. The van der Waals surface area contributed by atoms with Crippen molar-refractivity contribution >= 4 is 23.6 Å². The Morgan fingerprint density at radius 1 is 1.32 bits per heavy atom. The van der Waals surface area contributed by atoms with Gasteiger partial charge in [-0.3, -0.25) is 4.99 Å². The number of ether oxygens (including phenoxy) is 2. The maximum Gasteiger partial charge on any atom is 0.185 e. The Bertz CT molecular complexity index is 568. The molecule has 22 heavy (non-hydrogen) atoms. The fourth-order valence-corrected chi connectivity index (χ4v) is 3.63. The number of amidine groups is 1. The van der Waals surface area contributed by atoms with E-state index in [-0.39, 0.29) is 5.44 Å². The molecule has 2 N–H and O–H groups in total. The largest absolute Gasteiger partial charge is 0.488 e. The van der Waals surface area contributed by atoms with Crippen LogP contribution in [0.3, 0.4) is 0 Å². The van der Waals surface area contributed by atoms with Gasteiger partial charge < -0.3 is 19.7 Å². The fraction of sp³-hybridized carbons (Fsp3) is 0.467. The summed E-state index contributed by atoms with van der Waals surface area (Å²) in [4.78, 5) is 7.98. The van der Waals surface area contributed by atoms with E-state index in [1.807, 2.05) is 30.3 Å². The summed E-state index contributed by atoms with van der Waals surface area (Å²) >= 11 is 1.30. The number of fused-ring (bicyclic) bond motifs is 1. The van der Waals surface area contributed by atoms with Crippen molar-refractivity contribution in [2.75, 3.05) is 0 Å². The van der Waals surface area contributed by atoms with Crippen LogP contribution in [0.4, 0.5) is 0 Å². The van der Waals surface area contributed by atoms with Crippen LogP contribution in [0.5, 0.6) is 5.75 Å². The van der Waals surface area contributed by atoms with Crippen molar-refractivity contribution in [1.29, 1.82) is 0 Å². The minimum Gasteiger partial charge on any atom is -0.488 e. The number of aliphatic hydroxyl groups excluding tert-OH is 2. The van der Waals surface area contributed by atoms with Crippen molar-refractivity contribution in [3.05, 3.63) is 30.3 Å². The first kappa shape index (κ1) is 15.5. The van der Waals surface area contributed by atoms with E-state index in [1.165, 1.54) is 11.8 Å². The van der Waals surface area contributed by atoms with Crippen LogP contribution in [0.25, 0.3) is 0 Å². The maximum atomic E-state index is 10.3. The molecule has 0 amide bonds. The third-order valence-corrected chi connectivity index (χ3v) is 4.82. The summed E-state index contributed by atoms with van der Waals surface area (Å²) in [6.07, 6.45) is -3.16. The van der Waals surface area contributed by atoms with Gasteiger partial charge in [-0.2, -0.15) is 0 Å². The first-order valence-electron chi connectivity index (χ1n) is 7.04. The molecule has 3 rings (SSSR count). The molecule has 6 nitrogen and oxygen atoms in total. The highest BCUT2D eigenvalue weighted by molar-refractivity contribution is 8.14. The molecule has 1 saturated heterocycles. The van der Waals surface area contributed by atoms with Gasteiger partial charge in [0.15, 0.2) is 5.17 Å². The molecular weight excluding hydrogens is 304 g/mol. The van der Waals surface area contributed by atoms with Crippen molar-refractivity contribution in [1.82, 2.24) is 0 Å². The number of hydrogen-bond donors (Lipinski definition) is 2. The SMILES string of the molecule is C=NC1=N[C@@H]2[C@@H](O)[C@H](O)[C@@H]([C@@H](C)Oc3ccccc3)O[C@@H]2S1. The van der Waals surface area contributed by atoms with Gasteiger partial charge in [-0.1, -0.05) is 30.0 Å². The Morgan fingerprint density at radius 2 is 2.05 bits per heavy atom. The summed E-state index contributed by atoms with van der Waals surface area (Å²) in [5, 5.41) is 21.1. The molecule has 0 aliphatic carbocycles. The zero-order chi connectivity index (χ0) is 15.7. The van der Waals surface area contributed by atoms with Gasteiger partial charge in [0, 0.05) is 0 Å². The lowest BCUT2D eigenvalue weighted by Gasteiger charge is -2.40. The van der Waals surface area contributed by atoms with E-state index in [4.69, 9.17) is 9.47 Å². The molecule has 0 spiro atoms. The lowest BCUT2D eigenvalue weighted by molar-refractivity contribution is -0.177. The summed E-state index contributed by atoms with van der Waals surface area (Å²) in [7, 11) is 0. The standard InChI is InChI=1S/C15H18N2O4S/c1-8(20-9-6-4-3-5-7-9)13-12(19)11(18)10-14(21-13)22-15(16-2)17-10/h3-8,10-14,18-19H,2H2,1H3/t8-,10-,11-,12+,13-,14-/m1/s1. The van der Waals surface area contributed by atoms with Crippen LogP contribution < -0.4 is 4.74 Å². The first-order chi connectivity index (χ1) is 10.6. The van der Waals surface area contributed by atoms with Gasteiger partial charge in [0.05, 0.1) is 0 Å². The van der Waals surface area contributed by atoms with E-state index in [1.54, 1.807) is 6.92 Å². The quantitative estimate of drug-likeness (QED) is 0.814. The molecule has 118 valence electrons. The Morgan fingerprint density at radius 3 is 2.73 bits per heavy atom. The third-order valence-electron chi connectivity index (χ3n) is 3.75. The van der Waals surface area contributed by atoms with Crippen molar-refractivity contribution in [3.8, 4) is 5.75 Å². The second-order valence-electron chi connectivity index (χ2n) is 5.26. The van der Waals surface area contributed by atoms with Gasteiger partial charge in [0.25, 0.3) is 0 Å². The van der Waals surface area contributed by atoms with Crippen LogP contribution in [0, 0.1) is 0 Å². The molecule has 2 heterocycles. The van der Waals surface area contributed by atoms with E-state index in [9.17, 15) is 10.2 Å². The molecule has 0 saturated carbocycles. The summed E-state index contributed by atoms with van der Waals surface area (Å²) in [5.41, 5.74) is -0.384. The number of thioether (sulfide) groups is 1. The predicted molar refractivity (Wildman–Crippen MR) is 85.6 cm³/mol. The van der Waals surface area contributed by atoms with Crippen LogP contribution in [0.1, 0.15) is 6.92 Å².